The molecule has 0 saturated heterocycles. The molecule has 0 bridgehead atoms. The molecular formula is C17H21ClN4O. The molecule has 23 heavy (non-hydrogen) atoms. The van der Waals surface area contributed by atoms with Crippen LogP contribution in [0.1, 0.15) is 35.7 Å². The Morgan fingerprint density at radius 1 is 1.22 bits per heavy atom. The number of benzene rings is 1. The van der Waals surface area contributed by atoms with Crippen molar-refractivity contribution in [3.05, 3.63) is 52.8 Å². The van der Waals surface area contributed by atoms with Crippen molar-refractivity contribution in [1.29, 1.82) is 0 Å². The molecule has 1 amide bonds. The van der Waals surface area contributed by atoms with Crippen LogP contribution in [0.3, 0.4) is 0 Å². The average Bonchev–Trinajstić information content (AvgIpc) is 2.59. The Hall–Kier alpha value is -2.14. The van der Waals surface area contributed by atoms with Gasteiger partial charge in [-0.2, -0.15) is 0 Å². The topological polar surface area (TPSA) is 58.1 Å². The lowest BCUT2D eigenvalue weighted by atomic mass is 10.2. The molecule has 2 rings (SSSR count). The fourth-order valence-corrected chi connectivity index (χ4v) is 2.16. The second kappa shape index (κ2) is 8.48. The Kier molecular flexibility index (Phi) is 6.35. The number of unbranched alkanes of at least 4 members (excludes halogenated alkanes) is 1. The standard InChI is InChI=1S/C17H21ClN4O/c1-3-4-9-22(2)16(23)14-11-20-17(21-12-14)19-10-13-5-7-15(18)8-6-13/h5-8,11-12H,3-4,9-10H2,1-2H3,(H,19,20,21). The summed E-state index contributed by atoms with van der Waals surface area (Å²) in [4.78, 5) is 22.3. The van der Waals surface area contributed by atoms with Gasteiger partial charge >= 0.3 is 0 Å². The van der Waals surface area contributed by atoms with Crippen molar-refractivity contribution in [2.45, 2.75) is 26.3 Å². The van der Waals surface area contributed by atoms with Crippen molar-refractivity contribution in [3.8, 4) is 0 Å². The molecule has 0 saturated carbocycles. The Morgan fingerprint density at radius 3 is 2.48 bits per heavy atom. The second-order valence-electron chi connectivity index (χ2n) is 5.36. The number of anilines is 1. The van der Waals surface area contributed by atoms with Gasteiger partial charge in [0.2, 0.25) is 5.95 Å². The van der Waals surface area contributed by atoms with Gasteiger partial charge in [0.25, 0.3) is 5.91 Å². The Labute approximate surface area is 141 Å². The third kappa shape index (κ3) is 5.21. The Morgan fingerprint density at radius 2 is 1.87 bits per heavy atom. The van der Waals surface area contributed by atoms with Crippen LogP contribution in [0, 0.1) is 0 Å². The molecule has 0 aliphatic rings. The predicted octanol–water partition coefficient (Wildman–Crippen LogP) is 3.61. The number of carbonyl (C=O) groups is 1. The van der Waals surface area contributed by atoms with Gasteiger partial charge < -0.3 is 10.2 Å². The molecule has 1 aromatic heterocycles. The van der Waals surface area contributed by atoms with Gasteiger partial charge in [-0.05, 0) is 24.1 Å². The van der Waals surface area contributed by atoms with Gasteiger partial charge in [-0.25, -0.2) is 9.97 Å². The van der Waals surface area contributed by atoms with E-state index in [1.165, 1.54) is 0 Å². The highest BCUT2D eigenvalue weighted by molar-refractivity contribution is 6.30. The monoisotopic (exact) mass is 332 g/mol. The molecule has 1 N–H and O–H groups in total. The minimum absolute atomic E-state index is 0.0531. The number of aromatic nitrogens is 2. The maximum Gasteiger partial charge on any atom is 0.256 e. The van der Waals surface area contributed by atoms with Crippen molar-refractivity contribution in [2.24, 2.45) is 0 Å². The van der Waals surface area contributed by atoms with Crippen LogP contribution in [0.4, 0.5) is 5.95 Å². The molecular weight excluding hydrogens is 312 g/mol. The third-order valence-electron chi connectivity index (χ3n) is 3.46. The molecule has 0 radical (unpaired) electrons. The van der Waals surface area contributed by atoms with Crippen molar-refractivity contribution in [1.82, 2.24) is 14.9 Å². The summed E-state index contributed by atoms with van der Waals surface area (Å²) in [6.45, 7) is 3.44. The van der Waals surface area contributed by atoms with Crippen molar-refractivity contribution in [2.75, 3.05) is 18.9 Å². The van der Waals surface area contributed by atoms with Gasteiger partial charge in [-0.3, -0.25) is 4.79 Å². The lowest BCUT2D eigenvalue weighted by Gasteiger charge is -2.16. The van der Waals surface area contributed by atoms with Crippen LogP contribution in [0.2, 0.25) is 5.02 Å². The molecule has 0 fully saturated rings. The highest BCUT2D eigenvalue weighted by Crippen LogP contribution is 2.11. The SMILES string of the molecule is CCCCN(C)C(=O)c1cnc(NCc2ccc(Cl)cc2)nc1. The molecule has 1 aromatic carbocycles. The van der Waals surface area contributed by atoms with Crippen LogP contribution in [-0.4, -0.2) is 34.4 Å². The molecule has 0 atom stereocenters. The molecule has 6 heteroatoms. The van der Waals surface area contributed by atoms with Crippen LogP contribution in [0.25, 0.3) is 0 Å². The molecule has 2 aromatic rings. The van der Waals surface area contributed by atoms with E-state index in [0.29, 0.717) is 23.1 Å². The van der Waals surface area contributed by atoms with Gasteiger partial charge in [0.15, 0.2) is 0 Å². The summed E-state index contributed by atoms with van der Waals surface area (Å²) in [7, 11) is 1.80. The van der Waals surface area contributed by atoms with E-state index in [4.69, 9.17) is 11.6 Å². The Bertz CT molecular complexity index is 628. The first-order valence-electron chi connectivity index (χ1n) is 7.66. The quantitative estimate of drug-likeness (QED) is 0.841. The molecule has 0 aliphatic carbocycles. The lowest BCUT2D eigenvalue weighted by Crippen LogP contribution is -2.28. The summed E-state index contributed by atoms with van der Waals surface area (Å²) >= 11 is 5.85. The van der Waals surface area contributed by atoms with Gasteiger partial charge in [-0.15, -0.1) is 0 Å². The minimum atomic E-state index is -0.0531. The van der Waals surface area contributed by atoms with E-state index in [-0.39, 0.29) is 5.91 Å². The first-order valence-corrected chi connectivity index (χ1v) is 8.03. The molecule has 0 aliphatic heterocycles. The number of halogens is 1. The molecule has 0 spiro atoms. The highest BCUT2D eigenvalue weighted by atomic mass is 35.5. The van der Waals surface area contributed by atoms with E-state index < -0.39 is 0 Å². The van der Waals surface area contributed by atoms with Crippen LogP contribution in [0.5, 0.6) is 0 Å². The third-order valence-corrected chi connectivity index (χ3v) is 3.71. The number of nitrogens with one attached hydrogen (secondary N) is 1. The number of hydrogen-bond donors (Lipinski definition) is 1. The summed E-state index contributed by atoms with van der Waals surface area (Å²) in [5.41, 5.74) is 1.58. The van der Waals surface area contributed by atoms with Gasteiger partial charge in [-0.1, -0.05) is 37.1 Å². The summed E-state index contributed by atoms with van der Waals surface area (Å²) < 4.78 is 0. The summed E-state index contributed by atoms with van der Waals surface area (Å²) in [5.74, 6) is 0.440. The van der Waals surface area contributed by atoms with Crippen LogP contribution >= 0.6 is 11.6 Å². The van der Waals surface area contributed by atoms with E-state index in [9.17, 15) is 4.79 Å². The largest absolute Gasteiger partial charge is 0.350 e. The van der Waals surface area contributed by atoms with Crippen molar-refractivity contribution >= 4 is 23.5 Å². The molecule has 5 nitrogen and oxygen atoms in total. The van der Waals surface area contributed by atoms with Gasteiger partial charge in [0.1, 0.15) is 0 Å². The predicted molar refractivity (Wildman–Crippen MR) is 92.7 cm³/mol. The van der Waals surface area contributed by atoms with E-state index in [0.717, 1.165) is 24.9 Å². The zero-order chi connectivity index (χ0) is 16.7. The highest BCUT2D eigenvalue weighted by Gasteiger charge is 2.12. The first-order chi connectivity index (χ1) is 11.1. The zero-order valence-corrected chi connectivity index (χ0v) is 14.2. The molecule has 122 valence electrons. The van der Waals surface area contributed by atoms with Gasteiger partial charge in [0.05, 0.1) is 5.56 Å². The number of amides is 1. The van der Waals surface area contributed by atoms with Gasteiger partial charge in [0, 0.05) is 37.6 Å². The lowest BCUT2D eigenvalue weighted by molar-refractivity contribution is 0.0792. The number of rotatable bonds is 7. The van der Waals surface area contributed by atoms with E-state index >= 15 is 0 Å². The van der Waals surface area contributed by atoms with Crippen LogP contribution in [-0.2, 0) is 6.54 Å². The smallest absolute Gasteiger partial charge is 0.256 e. The molecule has 0 unspecified atom stereocenters. The Balaban J connectivity index is 1.91. The maximum absolute atomic E-state index is 12.2. The summed E-state index contributed by atoms with van der Waals surface area (Å²) in [5, 5.41) is 3.83. The summed E-state index contributed by atoms with van der Waals surface area (Å²) in [6.07, 6.45) is 5.16. The van der Waals surface area contributed by atoms with Crippen molar-refractivity contribution in [3.63, 3.8) is 0 Å². The fourth-order valence-electron chi connectivity index (χ4n) is 2.03. The van der Waals surface area contributed by atoms with Crippen molar-refractivity contribution < 1.29 is 4.79 Å². The first kappa shape index (κ1) is 17.2. The maximum atomic E-state index is 12.2. The normalized spacial score (nSPS) is 10.4. The van der Waals surface area contributed by atoms with Crippen LogP contribution < -0.4 is 5.32 Å². The zero-order valence-electron chi connectivity index (χ0n) is 13.4. The minimum Gasteiger partial charge on any atom is -0.350 e. The van der Waals surface area contributed by atoms with E-state index in [2.05, 4.69) is 22.2 Å². The van der Waals surface area contributed by atoms with E-state index in [1.807, 2.05) is 24.3 Å². The summed E-state index contributed by atoms with van der Waals surface area (Å²) in [6, 6.07) is 7.56. The van der Waals surface area contributed by atoms with Crippen LogP contribution in [0.15, 0.2) is 36.7 Å². The average molecular weight is 333 g/mol. The second-order valence-corrected chi connectivity index (χ2v) is 5.79. The fraction of sp³-hybridized carbons (Fsp3) is 0.353. The van der Waals surface area contributed by atoms with E-state index in [1.54, 1.807) is 24.3 Å². The number of hydrogen-bond acceptors (Lipinski definition) is 4. The molecule has 1 heterocycles. The number of carbonyl (C=O) groups excluding carboxylic acids is 1. The number of nitrogens with zero attached hydrogens (tertiary/aromatic N) is 3.